The highest BCUT2D eigenvalue weighted by atomic mass is 32.2. The highest BCUT2D eigenvalue weighted by Gasteiger charge is 2.24. The van der Waals surface area contributed by atoms with Gasteiger partial charge in [-0.2, -0.15) is 0 Å². The maximum absolute atomic E-state index is 12.2. The first-order valence-electron chi connectivity index (χ1n) is 6.60. The van der Waals surface area contributed by atoms with Crippen LogP contribution in [0.4, 0.5) is 0 Å². The zero-order valence-corrected chi connectivity index (χ0v) is 13.0. The van der Waals surface area contributed by atoms with Gasteiger partial charge < -0.3 is 5.73 Å². The van der Waals surface area contributed by atoms with Crippen LogP contribution in [0.5, 0.6) is 0 Å². The Morgan fingerprint density at radius 2 is 1.74 bits per heavy atom. The van der Waals surface area contributed by atoms with Crippen molar-refractivity contribution in [2.45, 2.75) is 51.0 Å². The normalized spacial score (nSPS) is 12.7. The van der Waals surface area contributed by atoms with E-state index >= 15 is 0 Å². The predicted molar refractivity (Wildman–Crippen MR) is 78.6 cm³/mol. The molecule has 0 heterocycles. The minimum atomic E-state index is -3.48. The van der Waals surface area contributed by atoms with Crippen LogP contribution in [-0.4, -0.2) is 20.5 Å². The van der Waals surface area contributed by atoms with Crippen LogP contribution < -0.4 is 10.5 Å². The van der Waals surface area contributed by atoms with Crippen LogP contribution in [0.15, 0.2) is 23.1 Å². The van der Waals surface area contributed by atoms with E-state index in [1.807, 2.05) is 33.8 Å². The third kappa shape index (κ3) is 4.03. The van der Waals surface area contributed by atoms with E-state index in [9.17, 15) is 8.42 Å². The van der Waals surface area contributed by atoms with Gasteiger partial charge in [0.05, 0.1) is 4.90 Å². The standard InChI is InChI=1S/C14H24N2O2S/c1-5-14(15,6-2)10-16-19(17,18)13-8-7-11(3)12(4)9-13/h7-9,16H,5-6,10,15H2,1-4H3. The summed E-state index contributed by atoms with van der Waals surface area (Å²) in [5, 5.41) is 0. The number of aryl methyl sites for hydroxylation is 2. The number of hydrogen-bond acceptors (Lipinski definition) is 3. The van der Waals surface area contributed by atoms with Crippen LogP contribution in [0.25, 0.3) is 0 Å². The molecule has 4 nitrogen and oxygen atoms in total. The molecule has 0 aliphatic heterocycles. The molecule has 108 valence electrons. The lowest BCUT2D eigenvalue weighted by Crippen LogP contribution is -2.49. The molecule has 0 bridgehead atoms. The summed E-state index contributed by atoms with van der Waals surface area (Å²) in [7, 11) is -3.48. The Morgan fingerprint density at radius 3 is 2.21 bits per heavy atom. The molecular weight excluding hydrogens is 260 g/mol. The van der Waals surface area contributed by atoms with Crippen LogP contribution in [0.3, 0.4) is 0 Å². The molecule has 1 rings (SSSR count). The summed E-state index contributed by atoms with van der Waals surface area (Å²) in [4.78, 5) is 0.296. The van der Waals surface area contributed by atoms with E-state index in [1.165, 1.54) is 0 Å². The quantitative estimate of drug-likeness (QED) is 0.840. The fraction of sp³-hybridized carbons (Fsp3) is 0.571. The Balaban J connectivity index is 2.90. The average molecular weight is 284 g/mol. The van der Waals surface area contributed by atoms with Crippen molar-refractivity contribution in [3.63, 3.8) is 0 Å². The molecule has 0 saturated heterocycles. The summed E-state index contributed by atoms with van der Waals surface area (Å²) in [5.74, 6) is 0. The summed E-state index contributed by atoms with van der Waals surface area (Å²) in [6.45, 7) is 8.05. The third-order valence-corrected chi connectivity index (χ3v) is 5.21. The smallest absolute Gasteiger partial charge is 0.240 e. The second-order valence-electron chi connectivity index (χ2n) is 5.14. The van der Waals surface area contributed by atoms with Crippen molar-refractivity contribution in [2.75, 3.05) is 6.54 Å². The van der Waals surface area contributed by atoms with E-state index in [0.29, 0.717) is 4.90 Å². The van der Waals surface area contributed by atoms with Gasteiger partial charge in [0.2, 0.25) is 10.0 Å². The molecule has 0 atom stereocenters. The van der Waals surface area contributed by atoms with Gasteiger partial charge in [-0.1, -0.05) is 19.9 Å². The van der Waals surface area contributed by atoms with E-state index < -0.39 is 15.6 Å². The summed E-state index contributed by atoms with van der Waals surface area (Å²) in [6, 6.07) is 5.13. The Hall–Kier alpha value is -0.910. The number of nitrogens with one attached hydrogen (secondary N) is 1. The molecule has 1 aromatic rings. The van der Waals surface area contributed by atoms with Crippen LogP contribution in [0.2, 0.25) is 0 Å². The first-order valence-corrected chi connectivity index (χ1v) is 8.08. The minimum Gasteiger partial charge on any atom is -0.324 e. The predicted octanol–water partition coefficient (Wildman–Crippen LogP) is 2.10. The maximum atomic E-state index is 12.2. The van der Waals surface area contributed by atoms with E-state index in [1.54, 1.807) is 12.1 Å². The summed E-state index contributed by atoms with van der Waals surface area (Å²) >= 11 is 0. The molecule has 0 unspecified atom stereocenters. The zero-order chi connectivity index (χ0) is 14.7. The van der Waals surface area contributed by atoms with Gasteiger partial charge in [0, 0.05) is 12.1 Å². The fourth-order valence-corrected chi connectivity index (χ4v) is 2.93. The molecule has 0 saturated carbocycles. The number of rotatable bonds is 6. The van der Waals surface area contributed by atoms with Gasteiger partial charge in [0.25, 0.3) is 0 Å². The molecule has 0 aliphatic carbocycles. The van der Waals surface area contributed by atoms with E-state index in [4.69, 9.17) is 5.73 Å². The molecule has 0 fully saturated rings. The lowest BCUT2D eigenvalue weighted by Gasteiger charge is -2.26. The van der Waals surface area contributed by atoms with Crippen LogP contribution >= 0.6 is 0 Å². The number of nitrogens with two attached hydrogens (primary N) is 1. The van der Waals surface area contributed by atoms with Gasteiger partial charge in [-0.3, -0.25) is 0 Å². The fourth-order valence-electron chi connectivity index (χ4n) is 1.70. The Morgan fingerprint density at radius 1 is 1.16 bits per heavy atom. The van der Waals surface area contributed by atoms with Crippen molar-refractivity contribution in [3.05, 3.63) is 29.3 Å². The van der Waals surface area contributed by atoms with Crippen LogP contribution in [-0.2, 0) is 10.0 Å². The van der Waals surface area contributed by atoms with Gasteiger partial charge in [-0.05, 0) is 49.9 Å². The van der Waals surface area contributed by atoms with Gasteiger partial charge in [0.1, 0.15) is 0 Å². The average Bonchev–Trinajstić information content (AvgIpc) is 2.39. The first-order chi connectivity index (χ1) is 8.74. The Kier molecular flexibility index (Phi) is 5.12. The Bertz CT molecular complexity index is 534. The van der Waals surface area contributed by atoms with Crippen molar-refractivity contribution in [1.29, 1.82) is 0 Å². The monoisotopic (exact) mass is 284 g/mol. The van der Waals surface area contributed by atoms with Crippen molar-refractivity contribution in [3.8, 4) is 0 Å². The molecule has 0 aromatic heterocycles. The molecule has 0 radical (unpaired) electrons. The highest BCUT2D eigenvalue weighted by molar-refractivity contribution is 7.89. The Labute approximate surface area is 116 Å². The second kappa shape index (κ2) is 6.03. The van der Waals surface area contributed by atoms with Crippen molar-refractivity contribution >= 4 is 10.0 Å². The largest absolute Gasteiger partial charge is 0.324 e. The SMILES string of the molecule is CCC(N)(CC)CNS(=O)(=O)c1ccc(C)c(C)c1. The second-order valence-corrected chi connectivity index (χ2v) is 6.91. The molecule has 3 N–H and O–H groups in total. The number of sulfonamides is 1. The van der Waals surface area contributed by atoms with Gasteiger partial charge in [0.15, 0.2) is 0 Å². The van der Waals surface area contributed by atoms with Crippen molar-refractivity contribution in [2.24, 2.45) is 5.73 Å². The van der Waals surface area contributed by atoms with E-state index in [-0.39, 0.29) is 6.54 Å². The topological polar surface area (TPSA) is 72.2 Å². The first kappa shape index (κ1) is 16.1. The van der Waals surface area contributed by atoms with Gasteiger partial charge >= 0.3 is 0 Å². The third-order valence-electron chi connectivity index (χ3n) is 3.81. The molecule has 1 aromatic carbocycles. The summed E-state index contributed by atoms with van der Waals surface area (Å²) < 4.78 is 27.0. The molecule has 5 heteroatoms. The summed E-state index contributed by atoms with van der Waals surface area (Å²) in [5.41, 5.74) is 7.67. The molecule has 19 heavy (non-hydrogen) atoms. The lowest BCUT2D eigenvalue weighted by molar-refractivity contribution is 0.392. The van der Waals surface area contributed by atoms with Crippen LogP contribution in [0, 0.1) is 13.8 Å². The molecule has 0 amide bonds. The lowest BCUT2D eigenvalue weighted by atomic mass is 9.95. The minimum absolute atomic E-state index is 0.259. The van der Waals surface area contributed by atoms with E-state index in [0.717, 1.165) is 24.0 Å². The maximum Gasteiger partial charge on any atom is 0.240 e. The van der Waals surface area contributed by atoms with Crippen molar-refractivity contribution < 1.29 is 8.42 Å². The van der Waals surface area contributed by atoms with Gasteiger partial charge in [-0.25, -0.2) is 13.1 Å². The molecular formula is C14H24N2O2S. The van der Waals surface area contributed by atoms with E-state index in [2.05, 4.69) is 4.72 Å². The van der Waals surface area contributed by atoms with Gasteiger partial charge in [-0.15, -0.1) is 0 Å². The van der Waals surface area contributed by atoms with Crippen molar-refractivity contribution in [1.82, 2.24) is 4.72 Å². The summed E-state index contributed by atoms with van der Waals surface area (Å²) in [6.07, 6.45) is 1.47. The number of benzene rings is 1. The van der Waals surface area contributed by atoms with Crippen LogP contribution in [0.1, 0.15) is 37.8 Å². The highest BCUT2D eigenvalue weighted by Crippen LogP contribution is 2.16. The number of hydrogen-bond donors (Lipinski definition) is 2. The molecule has 0 spiro atoms. The molecule has 0 aliphatic rings. The zero-order valence-electron chi connectivity index (χ0n) is 12.2.